The fourth-order valence-corrected chi connectivity index (χ4v) is 6.84. The Hall–Kier alpha value is -2.68. The van der Waals surface area contributed by atoms with Crippen molar-refractivity contribution in [2.45, 2.75) is 82.7 Å². The first-order valence-corrected chi connectivity index (χ1v) is 12.5. The molecule has 2 heterocycles. The Morgan fingerprint density at radius 2 is 2.06 bits per heavy atom. The number of halogens is 1. The summed E-state index contributed by atoms with van der Waals surface area (Å²) in [6.07, 6.45) is 6.87. The van der Waals surface area contributed by atoms with Gasteiger partial charge in [-0.05, 0) is 61.6 Å². The molecule has 2 spiro atoms. The van der Waals surface area contributed by atoms with E-state index in [1.165, 1.54) is 16.7 Å². The van der Waals surface area contributed by atoms with Crippen molar-refractivity contribution in [3.63, 3.8) is 0 Å². The second-order valence-electron chi connectivity index (χ2n) is 11.0. The first-order chi connectivity index (χ1) is 15.9. The molecule has 1 aromatic heterocycles. The zero-order valence-electron chi connectivity index (χ0n) is 19.6. The summed E-state index contributed by atoms with van der Waals surface area (Å²) in [6.45, 7) is 5.93. The van der Waals surface area contributed by atoms with Crippen molar-refractivity contribution in [3.8, 4) is 6.07 Å². The van der Waals surface area contributed by atoms with Gasteiger partial charge < -0.3 is 10.6 Å². The van der Waals surface area contributed by atoms with E-state index in [0.717, 1.165) is 75.4 Å². The van der Waals surface area contributed by atoms with Crippen LogP contribution >= 0.6 is 0 Å². The van der Waals surface area contributed by atoms with E-state index in [0.29, 0.717) is 23.6 Å². The van der Waals surface area contributed by atoms with Gasteiger partial charge in [0.2, 0.25) is 0 Å². The average molecular weight is 446 g/mol. The van der Waals surface area contributed by atoms with E-state index in [1.807, 2.05) is 6.07 Å². The predicted octanol–water partition coefficient (Wildman–Crippen LogP) is 4.76. The first kappa shape index (κ1) is 20.9. The summed E-state index contributed by atoms with van der Waals surface area (Å²) in [4.78, 5) is 12.2. The number of rotatable bonds is 2. The highest BCUT2D eigenvalue weighted by molar-refractivity contribution is 5.64. The fourth-order valence-electron chi connectivity index (χ4n) is 6.84. The molecule has 3 atom stereocenters. The topological polar surface area (TPSA) is 78.8 Å². The molecule has 3 aliphatic carbocycles. The molecule has 1 aliphatic heterocycles. The number of hydrogen-bond acceptors (Lipinski definition) is 5. The van der Waals surface area contributed by atoms with Crippen molar-refractivity contribution < 1.29 is 4.39 Å². The number of anilines is 2. The lowest BCUT2D eigenvalue weighted by Gasteiger charge is -2.44. The van der Waals surface area contributed by atoms with Crippen LogP contribution in [0.4, 0.5) is 15.9 Å². The average Bonchev–Trinajstić information content (AvgIpc) is 3.49. The molecule has 2 aromatic rings. The van der Waals surface area contributed by atoms with Crippen LogP contribution in [0, 0.1) is 16.7 Å². The third kappa shape index (κ3) is 3.01. The van der Waals surface area contributed by atoms with Gasteiger partial charge in [-0.15, -0.1) is 0 Å². The van der Waals surface area contributed by atoms with Crippen LogP contribution in [-0.2, 0) is 24.7 Å². The van der Waals surface area contributed by atoms with Gasteiger partial charge in [-0.3, -0.25) is 0 Å². The molecule has 1 saturated heterocycles. The van der Waals surface area contributed by atoms with Crippen LogP contribution in [0.15, 0.2) is 12.1 Å². The summed E-state index contributed by atoms with van der Waals surface area (Å²) in [5.74, 6) is 2.32. The van der Waals surface area contributed by atoms with Gasteiger partial charge in [0.15, 0.2) is 0 Å². The van der Waals surface area contributed by atoms with E-state index in [1.54, 1.807) is 0 Å². The number of hydrogen-bond donors (Lipinski definition) is 1. The van der Waals surface area contributed by atoms with E-state index < -0.39 is 6.17 Å². The van der Waals surface area contributed by atoms with Gasteiger partial charge in [-0.1, -0.05) is 26.3 Å². The molecule has 0 bridgehead atoms. The lowest BCUT2D eigenvalue weighted by atomic mass is 9.64. The molecule has 172 valence electrons. The van der Waals surface area contributed by atoms with Crippen LogP contribution in [0.5, 0.6) is 0 Å². The summed E-state index contributed by atoms with van der Waals surface area (Å²) in [7, 11) is 0. The maximum atomic E-state index is 13.8. The summed E-state index contributed by atoms with van der Waals surface area (Å²) < 4.78 is 13.8. The maximum Gasteiger partial charge on any atom is 0.135 e. The third-order valence-corrected chi connectivity index (χ3v) is 8.93. The zero-order valence-corrected chi connectivity index (χ0v) is 19.6. The van der Waals surface area contributed by atoms with Crippen LogP contribution in [0.1, 0.15) is 85.6 Å². The van der Waals surface area contributed by atoms with Crippen molar-refractivity contribution >= 4 is 11.5 Å². The standard InChI is InChI=1S/C27H32FN5/c1-3-23-31-21-11-26(9-4-5-16(2)17-6-7-20(30)19(13-29)24(17)26)10-8-18(21)25(32-23)33-14-27(15-33)12-22(27)28/h6-7,16,22H,3-5,8-12,14-15,30H2,1-2H3. The Balaban J connectivity index is 1.45. The molecule has 3 unspecified atom stereocenters. The molecule has 6 heteroatoms. The fraction of sp³-hybridized carbons (Fsp3) is 0.593. The van der Waals surface area contributed by atoms with Crippen molar-refractivity contribution in [2.24, 2.45) is 5.41 Å². The van der Waals surface area contributed by atoms with Crippen LogP contribution in [0.25, 0.3) is 0 Å². The van der Waals surface area contributed by atoms with Gasteiger partial charge in [-0.25, -0.2) is 14.4 Å². The second kappa shape index (κ2) is 7.16. The highest BCUT2D eigenvalue weighted by Gasteiger charge is 2.63. The molecule has 5 nitrogen and oxygen atoms in total. The van der Waals surface area contributed by atoms with E-state index in [2.05, 4.69) is 30.9 Å². The van der Waals surface area contributed by atoms with Crippen molar-refractivity contribution in [2.75, 3.05) is 23.7 Å². The number of aromatic nitrogens is 2. The number of nitrogen functional groups attached to an aromatic ring is 1. The third-order valence-electron chi connectivity index (χ3n) is 8.93. The molecule has 1 saturated carbocycles. The minimum atomic E-state index is -0.639. The number of fused-ring (bicyclic) bond motifs is 3. The summed E-state index contributed by atoms with van der Waals surface area (Å²) >= 11 is 0. The molecule has 2 fully saturated rings. The molecule has 0 amide bonds. The van der Waals surface area contributed by atoms with Gasteiger partial charge in [0, 0.05) is 41.6 Å². The lowest BCUT2D eigenvalue weighted by Crippen LogP contribution is -2.51. The largest absolute Gasteiger partial charge is 0.398 e. The second-order valence-corrected chi connectivity index (χ2v) is 11.0. The first-order valence-electron chi connectivity index (χ1n) is 12.5. The van der Waals surface area contributed by atoms with E-state index in [-0.39, 0.29) is 10.8 Å². The highest BCUT2D eigenvalue weighted by atomic mass is 19.1. The van der Waals surface area contributed by atoms with Crippen molar-refractivity contribution in [3.05, 3.63) is 45.9 Å². The van der Waals surface area contributed by atoms with Gasteiger partial charge in [0.25, 0.3) is 0 Å². The van der Waals surface area contributed by atoms with Crippen molar-refractivity contribution in [1.29, 1.82) is 5.26 Å². The molecule has 4 aliphatic rings. The molecule has 0 radical (unpaired) electrons. The van der Waals surface area contributed by atoms with Gasteiger partial charge in [-0.2, -0.15) is 5.26 Å². The number of aryl methyl sites for hydroxylation is 1. The number of nitriles is 1. The van der Waals surface area contributed by atoms with Crippen LogP contribution in [0.2, 0.25) is 0 Å². The minimum Gasteiger partial charge on any atom is -0.398 e. The zero-order chi connectivity index (χ0) is 23.0. The van der Waals surface area contributed by atoms with E-state index >= 15 is 0 Å². The molecular weight excluding hydrogens is 413 g/mol. The SMILES string of the molecule is CCc1nc2c(c(N3CC4(CC4F)C3)n1)CCC1(CCCC(C)c3ccc(N)c(C#N)c31)C2. The number of nitrogens with zero attached hydrogens (tertiary/aromatic N) is 4. The number of benzene rings is 1. The number of nitrogens with two attached hydrogens (primary N) is 1. The molecule has 6 rings (SSSR count). The van der Waals surface area contributed by atoms with Gasteiger partial charge in [0.1, 0.15) is 23.9 Å². The molecule has 1 aromatic carbocycles. The predicted molar refractivity (Wildman–Crippen MR) is 127 cm³/mol. The Morgan fingerprint density at radius 3 is 2.76 bits per heavy atom. The minimum absolute atomic E-state index is 0.101. The monoisotopic (exact) mass is 445 g/mol. The molecule has 33 heavy (non-hydrogen) atoms. The summed E-state index contributed by atoms with van der Waals surface area (Å²) in [5, 5.41) is 10.1. The lowest BCUT2D eigenvalue weighted by molar-refractivity contribution is 0.292. The molecular formula is C27H32FN5. The van der Waals surface area contributed by atoms with Gasteiger partial charge >= 0.3 is 0 Å². The quantitative estimate of drug-likeness (QED) is 0.675. The van der Waals surface area contributed by atoms with E-state index in [9.17, 15) is 9.65 Å². The normalized spacial score (nSPS) is 29.1. The highest BCUT2D eigenvalue weighted by Crippen LogP contribution is 2.57. The Kier molecular flexibility index (Phi) is 4.53. The van der Waals surface area contributed by atoms with E-state index in [4.69, 9.17) is 15.7 Å². The van der Waals surface area contributed by atoms with Crippen molar-refractivity contribution in [1.82, 2.24) is 9.97 Å². The number of alkyl halides is 1. The smallest absolute Gasteiger partial charge is 0.135 e. The Labute approximate surface area is 195 Å². The van der Waals surface area contributed by atoms with Gasteiger partial charge in [0.05, 0.1) is 11.3 Å². The Bertz CT molecular complexity index is 1180. The Morgan fingerprint density at radius 1 is 1.27 bits per heavy atom. The summed E-state index contributed by atoms with van der Waals surface area (Å²) in [5.41, 5.74) is 12.2. The van der Waals surface area contributed by atoms with Crippen LogP contribution in [0.3, 0.4) is 0 Å². The summed E-state index contributed by atoms with van der Waals surface area (Å²) in [6, 6.07) is 6.52. The molecule has 2 N–H and O–H groups in total. The van der Waals surface area contributed by atoms with Crippen LogP contribution in [-0.4, -0.2) is 29.2 Å². The maximum absolute atomic E-state index is 13.8. The van der Waals surface area contributed by atoms with Crippen LogP contribution < -0.4 is 10.6 Å².